The zero-order chi connectivity index (χ0) is 15.6. The first-order valence-corrected chi connectivity index (χ1v) is 6.61. The van der Waals surface area contributed by atoms with Crippen LogP contribution >= 0.6 is 0 Å². The number of alkyl halides is 3. The third-order valence-corrected chi connectivity index (χ3v) is 3.54. The molecule has 0 spiro atoms. The first-order chi connectivity index (χ1) is 9.84. The normalized spacial score (nSPS) is 18.8. The summed E-state index contributed by atoms with van der Waals surface area (Å²) in [5, 5.41) is 11.2. The number of nitrogens with zero attached hydrogens (tertiary/aromatic N) is 1. The van der Waals surface area contributed by atoms with E-state index in [0.29, 0.717) is 32.2 Å². The number of aromatic carboxylic acids is 1. The quantitative estimate of drug-likeness (QED) is 0.849. The van der Waals surface area contributed by atoms with Gasteiger partial charge in [0.25, 0.3) is 0 Å². The molecule has 1 heterocycles. The summed E-state index contributed by atoms with van der Waals surface area (Å²) in [6.45, 7) is 3.28. The Morgan fingerprint density at radius 2 is 2.19 bits per heavy atom. The predicted octanol–water partition coefficient (Wildman–Crippen LogP) is 1.68. The number of hydrogen-bond donors (Lipinski definition) is 0. The topological polar surface area (TPSA) is 52.6 Å². The van der Waals surface area contributed by atoms with E-state index in [2.05, 4.69) is 0 Å². The molecule has 0 N–H and O–H groups in total. The summed E-state index contributed by atoms with van der Waals surface area (Å²) in [4.78, 5) is 12.9. The standard InChI is InChI=1S/C14H16F3NO3/c1-2-18(10-5-6-21-8-10)12-4-3-9(14(15,16)17)7-11(12)13(19)20/h3-4,7,10H,2,5-6,8H2,1H3,(H,19,20)/p-1/t10-/m0/s1. The predicted molar refractivity (Wildman–Crippen MR) is 68.0 cm³/mol. The van der Waals surface area contributed by atoms with Crippen molar-refractivity contribution in [1.82, 2.24) is 0 Å². The van der Waals surface area contributed by atoms with Crippen LogP contribution in [0.5, 0.6) is 0 Å². The van der Waals surface area contributed by atoms with Crippen molar-refractivity contribution in [2.75, 3.05) is 24.7 Å². The van der Waals surface area contributed by atoms with E-state index in [-0.39, 0.29) is 11.7 Å². The Kier molecular flexibility index (Phi) is 4.41. The number of carbonyl (C=O) groups is 1. The van der Waals surface area contributed by atoms with Gasteiger partial charge in [-0.25, -0.2) is 0 Å². The molecular weight excluding hydrogens is 287 g/mol. The van der Waals surface area contributed by atoms with E-state index in [4.69, 9.17) is 4.74 Å². The van der Waals surface area contributed by atoms with Gasteiger partial charge < -0.3 is 19.5 Å². The molecule has 116 valence electrons. The van der Waals surface area contributed by atoms with Crippen LogP contribution in [0.15, 0.2) is 18.2 Å². The van der Waals surface area contributed by atoms with E-state index in [1.54, 1.807) is 4.90 Å². The Morgan fingerprint density at radius 1 is 1.48 bits per heavy atom. The maximum Gasteiger partial charge on any atom is 0.416 e. The van der Waals surface area contributed by atoms with Crippen LogP contribution < -0.4 is 10.0 Å². The number of carboxylic acids is 1. The molecule has 0 bridgehead atoms. The molecule has 0 unspecified atom stereocenters. The van der Waals surface area contributed by atoms with Crippen LogP contribution in [0.2, 0.25) is 0 Å². The summed E-state index contributed by atoms with van der Waals surface area (Å²) in [6, 6.07) is 2.67. The summed E-state index contributed by atoms with van der Waals surface area (Å²) in [5.41, 5.74) is -1.20. The van der Waals surface area contributed by atoms with E-state index in [1.165, 1.54) is 6.07 Å². The summed E-state index contributed by atoms with van der Waals surface area (Å²) in [6.07, 6.45) is -3.88. The van der Waals surface area contributed by atoms with Gasteiger partial charge in [0, 0.05) is 24.4 Å². The largest absolute Gasteiger partial charge is 0.545 e. The van der Waals surface area contributed by atoms with E-state index in [9.17, 15) is 23.1 Å². The van der Waals surface area contributed by atoms with Gasteiger partial charge in [-0.05, 0) is 31.5 Å². The fourth-order valence-corrected chi connectivity index (χ4v) is 2.52. The van der Waals surface area contributed by atoms with Crippen molar-refractivity contribution in [3.05, 3.63) is 29.3 Å². The number of carboxylic acid groups (broad SMARTS) is 1. The molecule has 0 radical (unpaired) electrons. The zero-order valence-electron chi connectivity index (χ0n) is 11.4. The van der Waals surface area contributed by atoms with Crippen molar-refractivity contribution in [1.29, 1.82) is 0 Å². The van der Waals surface area contributed by atoms with Gasteiger partial charge in [0.1, 0.15) is 0 Å². The lowest BCUT2D eigenvalue weighted by Gasteiger charge is -2.31. The summed E-state index contributed by atoms with van der Waals surface area (Å²) in [5.74, 6) is -1.62. The minimum atomic E-state index is -4.59. The number of hydrogen-bond acceptors (Lipinski definition) is 4. The van der Waals surface area contributed by atoms with Crippen molar-refractivity contribution < 1.29 is 27.8 Å². The van der Waals surface area contributed by atoms with Gasteiger partial charge in [-0.15, -0.1) is 0 Å². The molecule has 1 atom stereocenters. The van der Waals surface area contributed by atoms with Crippen LogP contribution in [0.1, 0.15) is 29.3 Å². The second kappa shape index (κ2) is 5.93. The van der Waals surface area contributed by atoms with Gasteiger partial charge in [-0.3, -0.25) is 0 Å². The highest BCUT2D eigenvalue weighted by atomic mass is 19.4. The molecule has 0 aromatic heterocycles. The molecule has 4 nitrogen and oxygen atoms in total. The monoisotopic (exact) mass is 302 g/mol. The van der Waals surface area contributed by atoms with Gasteiger partial charge in [0.05, 0.1) is 24.2 Å². The van der Waals surface area contributed by atoms with Gasteiger partial charge in [0.15, 0.2) is 0 Å². The molecule has 1 saturated heterocycles. The summed E-state index contributed by atoms with van der Waals surface area (Å²) >= 11 is 0. The van der Waals surface area contributed by atoms with Crippen molar-refractivity contribution in [2.24, 2.45) is 0 Å². The van der Waals surface area contributed by atoms with Crippen molar-refractivity contribution in [3.63, 3.8) is 0 Å². The molecule has 1 aliphatic rings. The lowest BCUT2D eigenvalue weighted by Crippen LogP contribution is -2.38. The highest BCUT2D eigenvalue weighted by Crippen LogP contribution is 2.34. The number of ether oxygens (including phenoxy) is 1. The minimum Gasteiger partial charge on any atom is -0.545 e. The fourth-order valence-electron chi connectivity index (χ4n) is 2.52. The van der Waals surface area contributed by atoms with Crippen LogP contribution in [0.3, 0.4) is 0 Å². The lowest BCUT2D eigenvalue weighted by molar-refractivity contribution is -0.254. The van der Waals surface area contributed by atoms with Crippen LogP contribution in [0.4, 0.5) is 18.9 Å². The molecule has 1 fully saturated rings. The summed E-state index contributed by atoms with van der Waals surface area (Å²) < 4.78 is 43.4. The molecule has 7 heteroatoms. The second-order valence-electron chi connectivity index (χ2n) is 4.82. The first-order valence-electron chi connectivity index (χ1n) is 6.61. The fraction of sp³-hybridized carbons (Fsp3) is 0.500. The minimum absolute atomic E-state index is 0.0372. The lowest BCUT2D eigenvalue weighted by atomic mass is 10.1. The third kappa shape index (κ3) is 3.29. The highest BCUT2D eigenvalue weighted by Gasteiger charge is 2.32. The maximum atomic E-state index is 12.7. The number of carbonyl (C=O) groups excluding carboxylic acids is 1. The van der Waals surface area contributed by atoms with Crippen LogP contribution in [-0.2, 0) is 10.9 Å². The third-order valence-electron chi connectivity index (χ3n) is 3.54. The molecule has 1 aromatic carbocycles. The van der Waals surface area contributed by atoms with Crippen LogP contribution in [-0.4, -0.2) is 31.8 Å². The van der Waals surface area contributed by atoms with Gasteiger partial charge in [-0.2, -0.15) is 13.2 Å². The van der Waals surface area contributed by atoms with Gasteiger partial charge in [-0.1, -0.05) is 0 Å². The SMILES string of the molecule is CCN(c1ccc(C(F)(F)F)cc1C(=O)[O-])[C@H]1CCOC1. The molecule has 0 aliphatic carbocycles. The number of halogens is 3. The van der Waals surface area contributed by atoms with Crippen molar-refractivity contribution in [3.8, 4) is 0 Å². The number of likely N-dealkylation sites (N-methyl/N-ethyl adjacent to an activating group) is 1. The number of rotatable bonds is 4. The molecule has 1 aliphatic heterocycles. The second-order valence-corrected chi connectivity index (χ2v) is 4.82. The molecule has 1 aromatic rings. The number of benzene rings is 1. The molecule has 0 amide bonds. The van der Waals surface area contributed by atoms with Gasteiger partial charge in [0.2, 0.25) is 0 Å². The first kappa shape index (κ1) is 15.6. The number of anilines is 1. The smallest absolute Gasteiger partial charge is 0.416 e. The summed E-state index contributed by atoms with van der Waals surface area (Å²) in [7, 11) is 0. The Labute approximate surface area is 120 Å². The van der Waals surface area contributed by atoms with Crippen LogP contribution in [0, 0.1) is 0 Å². The van der Waals surface area contributed by atoms with Gasteiger partial charge >= 0.3 is 6.18 Å². The van der Waals surface area contributed by atoms with E-state index >= 15 is 0 Å². The van der Waals surface area contributed by atoms with E-state index < -0.39 is 23.3 Å². The molecule has 2 rings (SSSR count). The van der Waals surface area contributed by atoms with Crippen LogP contribution in [0.25, 0.3) is 0 Å². The van der Waals surface area contributed by atoms with E-state index in [0.717, 1.165) is 6.07 Å². The Morgan fingerprint density at radius 3 is 2.67 bits per heavy atom. The average molecular weight is 302 g/mol. The highest BCUT2D eigenvalue weighted by molar-refractivity contribution is 5.93. The molecular formula is C14H15F3NO3-. The molecule has 0 saturated carbocycles. The Hall–Kier alpha value is -1.76. The maximum absolute atomic E-state index is 12.7. The molecule has 21 heavy (non-hydrogen) atoms. The van der Waals surface area contributed by atoms with E-state index in [1.807, 2.05) is 6.92 Å². The van der Waals surface area contributed by atoms with Crippen molar-refractivity contribution >= 4 is 11.7 Å². The Balaban J connectivity index is 2.44. The average Bonchev–Trinajstić information content (AvgIpc) is 2.92. The zero-order valence-corrected chi connectivity index (χ0v) is 11.4. The Bertz CT molecular complexity index is 525. The van der Waals surface area contributed by atoms with Crippen molar-refractivity contribution in [2.45, 2.75) is 25.6 Å².